The lowest BCUT2D eigenvalue weighted by molar-refractivity contribution is 0.0954. The maximum atomic E-state index is 12.4. The first-order chi connectivity index (χ1) is 12.6. The third-order valence-electron chi connectivity index (χ3n) is 4.32. The van der Waals surface area contributed by atoms with Crippen molar-refractivity contribution in [1.29, 1.82) is 0 Å². The van der Waals surface area contributed by atoms with Crippen LogP contribution in [0.3, 0.4) is 0 Å². The summed E-state index contributed by atoms with van der Waals surface area (Å²) in [6.07, 6.45) is 4.05. The Morgan fingerprint density at radius 2 is 2.08 bits per heavy atom. The Morgan fingerprint density at radius 1 is 1.23 bits per heavy atom. The molecule has 7 nitrogen and oxygen atoms in total. The fourth-order valence-electron chi connectivity index (χ4n) is 2.96. The highest BCUT2D eigenvalue weighted by atomic mass is 16.7. The SMILES string of the molecule is CC(C)n1ncc2cc(C(=O)NCCc3ccc4c(c3)OCO4)cnc21. The number of amides is 1. The monoisotopic (exact) mass is 352 g/mol. The molecule has 0 saturated carbocycles. The average molecular weight is 352 g/mol. The van der Waals surface area contributed by atoms with Crippen LogP contribution in [0, 0.1) is 0 Å². The van der Waals surface area contributed by atoms with Gasteiger partial charge in [0.2, 0.25) is 6.79 Å². The van der Waals surface area contributed by atoms with Gasteiger partial charge in [0.15, 0.2) is 17.1 Å². The highest BCUT2D eigenvalue weighted by Crippen LogP contribution is 2.32. The maximum Gasteiger partial charge on any atom is 0.252 e. The van der Waals surface area contributed by atoms with Crippen LogP contribution in [0.2, 0.25) is 0 Å². The van der Waals surface area contributed by atoms with Crippen molar-refractivity contribution in [3.8, 4) is 11.5 Å². The Labute approximate surface area is 150 Å². The van der Waals surface area contributed by atoms with Crippen molar-refractivity contribution in [3.05, 3.63) is 47.8 Å². The van der Waals surface area contributed by atoms with E-state index in [4.69, 9.17) is 9.47 Å². The largest absolute Gasteiger partial charge is 0.454 e. The second-order valence-electron chi connectivity index (χ2n) is 6.51. The van der Waals surface area contributed by atoms with Crippen LogP contribution in [-0.4, -0.2) is 34.0 Å². The number of carbonyl (C=O) groups is 1. The van der Waals surface area contributed by atoms with E-state index in [-0.39, 0.29) is 18.7 Å². The van der Waals surface area contributed by atoms with Crippen LogP contribution in [0.1, 0.15) is 35.8 Å². The predicted octanol–water partition coefficient (Wildman–Crippen LogP) is 2.71. The van der Waals surface area contributed by atoms with Gasteiger partial charge in [0, 0.05) is 24.2 Å². The number of pyridine rings is 1. The molecule has 134 valence electrons. The molecule has 26 heavy (non-hydrogen) atoms. The van der Waals surface area contributed by atoms with Gasteiger partial charge in [0.25, 0.3) is 5.91 Å². The number of aromatic nitrogens is 3. The van der Waals surface area contributed by atoms with Crippen molar-refractivity contribution in [2.45, 2.75) is 26.3 Å². The van der Waals surface area contributed by atoms with Gasteiger partial charge in [-0.05, 0) is 44.0 Å². The number of nitrogens with one attached hydrogen (secondary N) is 1. The van der Waals surface area contributed by atoms with E-state index in [0.717, 1.165) is 28.1 Å². The minimum absolute atomic E-state index is 0.141. The lowest BCUT2D eigenvalue weighted by Crippen LogP contribution is -2.25. The van der Waals surface area contributed by atoms with Crippen molar-refractivity contribution in [2.24, 2.45) is 0 Å². The van der Waals surface area contributed by atoms with E-state index in [9.17, 15) is 4.79 Å². The molecule has 0 radical (unpaired) electrons. The van der Waals surface area contributed by atoms with Gasteiger partial charge in [-0.3, -0.25) is 4.79 Å². The standard InChI is InChI=1S/C19H20N4O3/c1-12(2)23-18-14(10-22-23)8-15(9-21-18)19(24)20-6-5-13-3-4-16-17(7-13)26-11-25-16/h3-4,7-10,12H,5-6,11H2,1-2H3,(H,20,24). The van der Waals surface area contributed by atoms with Gasteiger partial charge < -0.3 is 14.8 Å². The lowest BCUT2D eigenvalue weighted by atomic mass is 10.1. The molecule has 1 amide bonds. The number of carbonyl (C=O) groups excluding carboxylic acids is 1. The zero-order valence-corrected chi connectivity index (χ0v) is 14.7. The number of hydrogen-bond donors (Lipinski definition) is 1. The molecule has 0 spiro atoms. The van der Waals surface area contributed by atoms with Crippen LogP contribution in [0.4, 0.5) is 0 Å². The molecule has 4 rings (SSSR count). The molecule has 1 aliphatic rings. The molecule has 1 N–H and O–H groups in total. The molecule has 0 fully saturated rings. The predicted molar refractivity (Wildman–Crippen MR) is 96.5 cm³/mol. The van der Waals surface area contributed by atoms with Crippen molar-refractivity contribution >= 4 is 16.9 Å². The van der Waals surface area contributed by atoms with Crippen LogP contribution in [0.15, 0.2) is 36.7 Å². The van der Waals surface area contributed by atoms with Gasteiger partial charge in [-0.1, -0.05) is 6.07 Å². The van der Waals surface area contributed by atoms with Gasteiger partial charge in [-0.2, -0.15) is 5.10 Å². The Balaban J connectivity index is 1.39. The molecule has 0 bridgehead atoms. The first kappa shape index (κ1) is 16.4. The normalized spacial score (nSPS) is 12.7. The topological polar surface area (TPSA) is 78.3 Å². The summed E-state index contributed by atoms with van der Waals surface area (Å²) < 4.78 is 12.5. The first-order valence-corrected chi connectivity index (χ1v) is 8.62. The Hall–Kier alpha value is -3.09. The van der Waals surface area contributed by atoms with Gasteiger partial charge in [-0.15, -0.1) is 0 Å². The van der Waals surface area contributed by atoms with E-state index in [2.05, 4.69) is 15.4 Å². The summed E-state index contributed by atoms with van der Waals surface area (Å²) in [6.45, 7) is 4.88. The van der Waals surface area contributed by atoms with E-state index < -0.39 is 0 Å². The van der Waals surface area contributed by atoms with Crippen LogP contribution in [-0.2, 0) is 6.42 Å². The smallest absolute Gasteiger partial charge is 0.252 e. The van der Waals surface area contributed by atoms with E-state index in [1.807, 2.05) is 42.8 Å². The molecule has 3 aromatic rings. The molecule has 1 aromatic carbocycles. The number of rotatable bonds is 5. The maximum absolute atomic E-state index is 12.4. The summed E-state index contributed by atoms with van der Waals surface area (Å²) in [5, 5.41) is 8.12. The van der Waals surface area contributed by atoms with Crippen LogP contribution in [0.5, 0.6) is 11.5 Å². The van der Waals surface area contributed by atoms with E-state index in [1.165, 1.54) is 0 Å². The molecule has 7 heteroatoms. The zero-order chi connectivity index (χ0) is 18.1. The van der Waals surface area contributed by atoms with Crippen molar-refractivity contribution < 1.29 is 14.3 Å². The second-order valence-corrected chi connectivity index (χ2v) is 6.51. The molecule has 3 heterocycles. The number of nitrogens with zero attached hydrogens (tertiary/aromatic N) is 3. The molecule has 2 aromatic heterocycles. The number of fused-ring (bicyclic) bond motifs is 2. The van der Waals surface area contributed by atoms with Crippen LogP contribution in [0.25, 0.3) is 11.0 Å². The molecule has 0 atom stereocenters. The highest BCUT2D eigenvalue weighted by molar-refractivity contribution is 5.96. The first-order valence-electron chi connectivity index (χ1n) is 8.62. The highest BCUT2D eigenvalue weighted by Gasteiger charge is 2.14. The third-order valence-corrected chi connectivity index (χ3v) is 4.32. The minimum atomic E-state index is -0.141. The van der Waals surface area contributed by atoms with Gasteiger partial charge >= 0.3 is 0 Å². The van der Waals surface area contributed by atoms with E-state index >= 15 is 0 Å². The zero-order valence-electron chi connectivity index (χ0n) is 14.7. The molecular weight excluding hydrogens is 332 g/mol. The number of benzene rings is 1. The Morgan fingerprint density at radius 3 is 2.92 bits per heavy atom. The summed E-state index contributed by atoms with van der Waals surface area (Å²) >= 11 is 0. The fraction of sp³-hybridized carbons (Fsp3) is 0.316. The van der Waals surface area contributed by atoms with Gasteiger partial charge in [-0.25, -0.2) is 9.67 Å². The fourth-order valence-corrected chi connectivity index (χ4v) is 2.96. The van der Waals surface area contributed by atoms with Crippen LogP contribution < -0.4 is 14.8 Å². The summed E-state index contributed by atoms with van der Waals surface area (Å²) in [4.78, 5) is 16.8. The Bertz CT molecular complexity index is 965. The number of hydrogen-bond acceptors (Lipinski definition) is 5. The molecule has 0 unspecified atom stereocenters. The van der Waals surface area contributed by atoms with Gasteiger partial charge in [0.05, 0.1) is 11.8 Å². The molecule has 0 saturated heterocycles. The molecule has 0 aliphatic carbocycles. The molecule has 1 aliphatic heterocycles. The summed E-state index contributed by atoms with van der Waals surface area (Å²) in [5.74, 6) is 1.38. The van der Waals surface area contributed by atoms with Crippen molar-refractivity contribution in [1.82, 2.24) is 20.1 Å². The quantitative estimate of drug-likeness (QED) is 0.764. The van der Waals surface area contributed by atoms with Crippen molar-refractivity contribution in [3.63, 3.8) is 0 Å². The molecular formula is C19H20N4O3. The second kappa shape index (κ2) is 6.67. The average Bonchev–Trinajstić information content (AvgIpc) is 3.27. The van der Waals surface area contributed by atoms with Gasteiger partial charge in [0.1, 0.15) is 0 Å². The van der Waals surface area contributed by atoms with E-state index in [0.29, 0.717) is 18.5 Å². The Kier molecular flexibility index (Phi) is 4.20. The minimum Gasteiger partial charge on any atom is -0.454 e. The summed E-state index contributed by atoms with van der Waals surface area (Å²) in [5.41, 5.74) is 2.41. The van der Waals surface area contributed by atoms with Crippen molar-refractivity contribution in [2.75, 3.05) is 13.3 Å². The van der Waals surface area contributed by atoms with E-state index in [1.54, 1.807) is 12.4 Å². The van der Waals surface area contributed by atoms with Crippen LogP contribution >= 0.6 is 0 Å². The third kappa shape index (κ3) is 3.08. The summed E-state index contributed by atoms with van der Waals surface area (Å²) in [6, 6.07) is 7.87. The number of ether oxygens (including phenoxy) is 2. The lowest BCUT2D eigenvalue weighted by Gasteiger charge is -2.08. The summed E-state index contributed by atoms with van der Waals surface area (Å²) in [7, 11) is 0.